The quantitative estimate of drug-likeness (QED) is 0.824. The average Bonchev–Trinajstić information content (AvgIpc) is 3.08. The number of benzene rings is 1. The summed E-state index contributed by atoms with van der Waals surface area (Å²) in [5, 5.41) is 9.84. The molecule has 2 atom stereocenters. The highest BCUT2D eigenvalue weighted by atomic mass is 16.5. The van der Waals surface area contributed by atoms with Crippen LogP contribution in [0.2, 0.25) is 0 Å². The van der Waals surface area contributed by atoms with E-state index in [-0.39, 0.29) is 5.92 Å². The lowest BCUT2D eigenvalue weighted by molar-refractivity contribution is -0.148. The molecule has 2 aliphatic rings. The number of carboxylic acids is 1. The van der Waals surface area contributed by atoms with Crippen LogP contribution in [-0.4, -0.2) is 73.9 Å². The molecule has 2 heterocycles. The maximum Gasteiger partial charge on any atom is 0.312 e. The third-order valence-electron chi connectivity index (χ3n) is 5.26. The molecule has 1 aromatic carbocycles. The molecular formula is C19H26N2O3. The molecule has 24 heavy (non-hydrogen) atoms. The SMILES string of the molecule is COCCN1C[C@@H]2CN(C/C=C/c3ccccc3)C[C@]2(C(=O)O)C1. The molecule has 0 amide bonds. The summed E-state index contributed by atoms with van der Waals surface area (Å²) in [4.78, 5) is 16.5. The van der Waals surface area contributed by atoms with Crippen LogP contribution in [0.3, 0.4) is 0 Å². The standard InChI is InChI=1S/C19H26N2O3/c1-24-11-10-21-13-17-12-20(14-19(17,15-21)18(22)23)9-5-8-16-6-3-2-4-7-16/h2-8,17H,9-15H2,1H3,(H,22,23)/b8-5+/t17-,19-/m0/s1. The molecule has 1 N–H and O–H groups in total. The number of hydrogen-bond donors (Lipinski definition) is 1. The summed E-state index contributed by atoms with van der Waals surface area (Å²) in [5.74, 6) is -0.445. The molecule has 0 unspecified atom stereocenters. The fourth-order valence-electron chi connectivity index (χ4n) is 4.01. The van der Waals surface area contributed by atoms with E-state index in [1.54, 1.807) is 7.11 Å². The highest BCUT2D eigenvalue weighted by Gasteiger charge is 2.57. The topological polar surface area (TPSA) is 53.0 Å². The Balaban J connectivity index is 1.59. The van der Waals surface area contributed by atoms with E-state index in [1.165, 1.54) is 5.56 Å². The number of carboxylic acid groups (broad SMARTS) is 1. The van der Waals surface area contributed by atoms with Gasteiger partial charge in [-0.15, -0.1) is 0 Å². The second kappa shape index (κ2) is 7.47. The molecule has 2 aliphatic heterocycles. The lowest BCUT2D eigenvalue weighted by Gasteiger charge is -2.25. The molecule has 0 aliphatic carbocycles. The van der Waals surface area contributed by atoms with Gasteiger partial charge in [0.15, 0.2) is 0 Å². The summed E-state index contributed by atoms with van der Waals surface area (Å²) in [7, 11) is 1.69. The van der Waals surface area contributed by atoms with Gasteiger partial charge in [0, 0.05) is 52.3 Å². The predicted octanol–water partition coefficient (Wildman–Crippen LogP) is 1.66. The van der Waals surface area contributed by atoms with Crippen LogP contribution in [0.25, 0.3) is 6.08 Å². The van der Waals surface area contributed by atoms with Gasteiger partial charge in [-0.1, -0.05) is 42.5 Å². The Kier molecular flexibility index (Phi) is 5.33. The molecular weight excluding hydrogens is 304 g/mol. The Labute approximate surface area is 143 Å². The van der Waals surface area contributed by atoms with E-state index in [2.05, 4.69) is 34.1 Å². The molecule has 130 valence electrons. The Morgan fingerprint density at radius 3 is 2.67 bits per heavy atom. The van der Waals surface area contributed by atoms with Gasteiger partial charge in [0.25, 0.3) is 0 Å². The van der Waals surface area contributed by atoms with Crippen molar-refractivity contribution in [3.63, 3.8) is 0 Å². The van der Waals surface area contributed by atoms with Crippen molar-refractivity contribution >= 4 is 12.0 Å². The minimum atomic E-state index is -0.651. The zero-order valence-corrected chi connectivity index (χ0v) is 14.2. The van der Waals surface area contributed by atoms with E-state index < -0.39 is 11.4 Å². The Morgan fingerprint density at radius 2 is 2.00 bits per heavy atom. The predicted molar refractivity (Wildman–Crippen MR) is 93.8 cm³/mol. The first-order valence-corrected chi connectivity index (χ1v) is 8.53. The molecule has 1 aromatic rings. The first-order valence-electron chi connectivity index (χ1n) is 8.53. The monoisotopic (exact) mass is 330 g/mol. The maximum absolute atomic E-state index is 12.0. The van der Waals surface area contributed by atoms with Crippen LogP contribution in [0.1, 0.15) is 5.56 Å². The second-order valence-corrected chi connectivity index (χ2v) is 6.89. The van der Waals surface area contributed by atoms with Crippen LogP contribution in [0.4, 0.5) is 0 Å². The minimum Gasteiger partial charge on any atom is -0.481 e. The lowest BCUT2D eigenvalue weighted by Crippen LogP contribution is -2.41. The van der Waals surface area contributed by atoms with Crippen LogP contribution < -0.4 is 0 Å². The van der Waals surface area contributed by atoms with Crippen LogP contribution in [0.5, 0.6) is 0 Å². The van der Waals surface area contributed by atoms with E-state index in [1.807, 2.05) is 18.2 Å². The number of likely N-dealkylation sites (tertiary alicyclic amines) is 2. The summed E-state index contributed by atoms with van der Waals surface area (Å²) >= 11 is 0. The molecule has 5 heteroatoms. The third kappa shape index (κ3) is 3.53. The van der Waals surface area contributed by atoms with Gasteiger partial charge in [-0.2, -0.15) is 0 Å². The van der Waals surface area contributed by atoms with Gasteiger partial charge in [0.2, 0.25) is 0 Å². The largest absolute Gasteiger partial charge is 0.481 e. The van der Waals surface area contributed by atoms with E-state index in [0.29, 0.717) is 19.7 Å². The van der Waals surface area contributed by atoms with E-state index in [0.717, 1.165) is 26.2 Å². The first-order chi connectivity index (χ1) is 11.6. The Morgan fingerprint density at radius 1 is 1.29 bits per heavy atom. The summed E-state index contributed by atoms with van der Waals surface area (Å²) in [6.45, 7) is 5.26. The fourth-order valence-corrected chi connectivity index (χ4v) is 4.01. The number of fused-ring (bicyclic) bond motifs is 1. The lowest BCUT2D eigenvalue weighted by atomic mass is 9.81. The number of hydrogen-bond acceptors (Lipinski definition) is 4. The van der Waals surface area contributed by atoms with Gasteiger partial charge in [-0.25, -0.2) is 0 Å². The van der Waals surface area contributed by atoms with Crippen LogP contribution in [0, 0.1) is 11.3 Å². The molecule has 0 radical (unpaired) electrons. The fraction of sp³-hybridized carbons (Fsp3) is 0.526. The number of aliphatic carboxylic acids is 1. The number of nitrogens with zero attached hydrogens (tertiary/aromatic N) is 2. The summed E-state index contributed by atoms with van der Waals surface area (Å²) in [5.41, 5.74) is 0.560. The number of carbonyl (C=O) groups is 1. The van der Waals surface area contributed by atoms with Crippen molar-refractivity contribution in [2.75, 3.05) is 53.0 Å². The summed E-state index contributed by atoms with van der Waals surface area (Å²) in [6, 6.07) is 10.2. The van der Waals surface area contributed by atoms with Crippen molar-refractivity contribution in [2.45, 2.75) is 0 Å². The van der Waals surface area contributed by atoms with Crippen LogP contribution in [-0.2, 0) is 9.53 Å². The van der Waals surface area contributed by atoms with E-state index in [4.69, 9.17) is 4.74 Å². The van der Waals surface area contributed by atoms with Crippen LogP contribution in [0.15, 0.2) is 36.4 Å². The zero-order chi connectivity index (χ0) is 17.0. The van der Waals surface area contributed by atoms with Gasteiger partial charge in [0.05, 0.1) is 12.0 Å². The van der Waals surface area contributed by atoms with Gasteiger partial charge in [-0.05, 0) is 5.56 Å². The van der Waals surface area contributed by atoms with Gasteiger partial charge in [-0.3, -0.25) is 14.6 Å². The number of rotatable bonds is 7. The third-order valence-corrected chi connectivity index (χ3v) is 5.26. The highest BCUT2D eigenvalue weighted by Crippen LogP contribution is 2.42. The Hall–Kier alpha value is -1.69. The molecule has 2 saturated heterocycles. The Bertz CT molecular complexity index is 590. The van der Waals surface area contributed by atoms with Crippen LogP contribution >= 0.6 is 0 Å². The summed E-state index contributed by atoms with van der Waals surface area (Å²) in [6.07, 6.45) is 4.24. The number of methoxy groups -OCH3 is 1. The first kappa shape index (κ1) is 17.1. The maximum atomic E-state index is 12.0. The van der Waals surface area contributed by atoms with E-state index in [9.17, 15) is 9.90 Å². The molecule has 0 spiro atoms. The zero-order valence-electron chi connectivity index (χ0n) is 14.2. The van der Waals surface area contributed by atoms with Crippen molar-refractivity contribution in [1.29, 1.82) is 0 Å². The highest BCUT2D eigenvalue weighted by molar-refractivity contribution is 5.77. The average molecular weight is 330 g/mol. The van der Waals surface area contributed by atoms with E-state index >= 15 is 0 Å². The number of ether oxygens (including phenoxy) is 1. The van der Waals surface area contributed by atoms with Crippen molar-refractivity contribution in [1.82, 2.24) is 9.80 Å². The van der Waals surface area contributed by atoms with Gasteiger partial charge in [0.1, 0.15) is 0 Å². The van der Waals surface area contributed by atoms with Gasteiger partial charge < -0.3 is 9.84 Å². The molecule has 2 fully saturated rings. The molecule has 0 bridgehead atoms. The molecule has 5 nitrogen and oxygen atoms in total. The molecule has 0 aromatic heterocycles. The molecule has 3 rings (SSSR count). The summed E-state index contributed by atoms with van der Waals surface area (Å²) < 4.78 is 5.13. The molecule has 0 saturated carbocycles. The smallest absolute Gasteiger partial charge is 0.312 e. The second-order valence-electron chi connectivity index (χ2n) is 6.89. The van der Waals surface area contributed by atoms with Gasteiger partial charge >= 0.3 is 5.97 Å². The van der Waals surface area contributed by atoms with Crippen molar-refractivity contribution < 1.29 is 14.6 Å². The normalized spacial score (nSPS) is 27.8. The van der Waals surface area contributed by atoms with Crippen molar-refractivity contribution in [3.8, 4) is 0 Å². The minimum absolute atomic E-state index is 0.206. The van der Waals surface area contributed by atoms with Crippen molar-refractivity contribution in [3.05, 3.63) is 42.0 Å². The van der Waals surface area contributed by atoms with Crippen molar-refractivity contribution in [2.24, 2.45) is 11.3 Å².